The van der Waals surface area contributed by atoms with E-state index in [4.69, 9.17) is 4.74 Å². The van der Waals surface area contributed by atoms with Crippen LogP contribution in [0.1, 0.15) is 38.2 Å². The average Bonchev–Trinajstić information content (AvgIpc) is 3.04. The smallest absolute Gasteiger partial charge is 0.278 e. The van der Waals surface area contributed by atoms with Crippen molar-refractivity contribution in [2.75, 3.05) is 37.0 Å². The largest absolute Gasteiger partial charge is 0.496 e. The molecule has 2 amide bonds. The molecule has 0 saturated carbocycles. The van der Waals surface area contributed by atoms with Crippen molar-refractivity contribution >= 4 is 28.8 Å². The van der Waals surface area contributed by atoms with E-state index in [1.54, 1.807) is 13.2 Å². The van der Waals surface area contributed by atoms with Crippen LogP contribution in [0.4, 0.5) is 11.4 Å². The van der Waals surface area contributed by atoms with Gasteiger partial charge in [0, 0.05) is 36.6 Å². The highest BCUT2D eigenvalue weighted by atomic mass is 16.5. The number of nitrogens with one attached hydrogen (secondary N) is 1. The van der Waals surface area contributed by atoms with Crippen LogP contribution in [0.5, 0.6) is 5.75 Å². The van der Waals surface area contributed by atoms with Gasteiger partial charge in [0.05, 0.1) is 12.7 Å². The first-order valence-corrected chi connectivity index (χ1v) is 11.0. The second-order valence-corrected chi connectivity index (χ2v) is 7.93. The van der Waals surface area contributed by atoms with E-state index in [9.17, 15) is 9.59 Å². The summed E-state index contributed by atoms with van der Waals surface area (Å²) in [5.41, 5.74) is 3.24. The van der Waals surface area contributed by atoms with E-state index in [1.165, 1.54) is 29.8 Å². The van der Waals surface area contributed by atoms with Crippen molar-refractivity contribution in [3.63, 3.8) is 0 Å². The van der Waals surface area contributed by atoms with Crippen molar-refractivity contribution in [3.8, 4) is 5.75 Å². The number of hydrogen-bond acceptors (Lipinski definition) is 5. The number of carbonyl (C=O) groups excluding carboxylic acids is 2. The van der Waals surface area contributed by atoms with E-state index in [2.05, 4.69) is 22.3 Å². The van der Waals surface area contributed by atoms with E-state index >= 15 is 0 Å². The zero-order valence-electron chi connectivity index (χ0n) is 18.2. The second-order valence-electron chi connectivity index (χ2n) is 7.93. The van der Waals surface area contributed by atoms with E-state index in [1.807, 2.05) is 37.3 Å². The summed E-state index contributed by atoms with van der Waals surface area (Å²) in [6, 6.07) is 15.4. The second kappa shape index (κ2) is 9.25. The molecule has 2 aromatic carbocycles. The number of anilines is 2. The molecule has 1 N–H and O–H groups in total. The Morgan fingerprint density at radius 2 is 1.65 bits per heavy atom. The van der Waals surface area contributed by atoms with Crippen LogP contribution in [-0.4, -0.2) is 43.5 Å². The molecule has 0 bridgehead atoms. The van der Waals surface area contributed by atoms with Crippen molar-refractivity contribution in [3.05, 3.63) is 59.8 Å². The molecule has 1 fully saturated rings. The molecule has 6 heteroatoms. The molecule has 2 aliphatic heterocycles. The number of hydrogen-bond donors (Lipinski definition) is 1. The van der Waals surface area contributed by atoms with E-state index in [0.29, 0.717) is 35.5 Å². The Morgan fingerprint density at radius 1 is 0.935 bits per heavy atom. The molecule has 4 rings (SSSR count). The highest BCUT2D eigenvalue weighted by Gasteiger charge is 2.39. The summed E-state index contributed by atoms with van der Waals surface area (Å²) < 4.78 is 5.47. The summed E-state index contributed by atoms with van der Waals surface area (Å²) in [7, 11) is 1.57. The Labute approximate surface area is 183 Å². The van der Waals surface area contributed by atoms with Crippen molar-refractivity contribution in [2.45, 2.75) is 32.6 Å². The first-order valence-electron chi connectivity index (χ1n) is 11.0. The van der Waals surface area contributed by atoms with E-state index in [0.717, 1.165) is 18.8 Å². The van der Waals surface area contributed by atoms with Crippen LogP contribution >= 0.6 is 0 Å². The predicted octanol–water partition coefficient (Wildman–Crippen LogP) is 4.29. The molecule has 1 saturated heterocycles. The Balaban J connectivity index is 1.67. The Kier molecular flexibility index (Phi) is 6.26. The lowest BCUT2D eigenvalue weighted by Gasteiger charge is -2.28. The minimum absolute atomic E-state index is 0.288. The molecular weight excluding hydrogens is 390 g/mol. The molecule has 0 atom stereocenters. The summed E-state index contributed by atoms with van der Waals surface area (Å²) in [4.78, 5) is 30.0. The van der Waals surface area contributed by atoms with Gasteiger partial charge in [0.25, 0.3) is 11.8 Å². The van der Waals surface area contributed by atoms with Gasteiger partial charge in [-0.25, -0.2) is 0 Å². The van der Waals surface area contributed by atoms with E-state index < -0.39 is 0 Å². The SMILES string of the molecule is CCCN1C(=O)C(Nc2ccc(N3CCCCC3)cc2)=C(c2ccccc2OC)C1=O. The molecule has 162 valence electrons. The molecule has 2 aliphatic rings. The van der Waals surface area contributed by atoms with Gasteiger partial charge < -0.3 is 15.0 Å². The normalized spacial score (nSPS) is 16.8. The summed E-state index contributed by atoms with van der Waals surface area (Å²) in [5, 5.41) is 3.23. The van der Waals surface area contributed by atoms with Gasteiger partial charge in [0.2, 0.25) is 0 Å². The fraction of sp³-hybridized carbons (Fsp3) is 0.360. The topological polar surface area (TPSA) is 61.9 Å². The maximum Gasteiger partial charge on any atom is 0.278 e. The number of nitrogens with zero attached hydrogens (tertiary/aromatic N) is 2. The molecule has 0 aromatic heterocycles. The molecule has 6 nitrogen and oxygen atoms in total. The van der Waals surface area contributed by atoms with Crippen LogP contribution in [-0.2, 0) is 9.59 Å². The molecular formula is C25H29N3O3. The van der Waals surface area contributed by atoms with Gasteiger partial charge in [-0.1, -0.05) is 25.1 Å². The number of piperidine rings is 1. The van der Waals surface area contributed by atoms with Crippen LogP contribution in [0.25, 0.3) is 5.57 Å². The van der Waals surface area contributed by atoms with Crippen LogP contribution in [0.2, 0.25) is 0 Å². The Morgan fingerprint density at radius 3 is 2.32 bits per heavy atom. The van der Waals surface area contributed by atoms with Crippen molar-refractivity contribution < 1.29 is 14.3 Å². The van der Waals surface area contributed by atoms with Crippen LogP contribution in [0.15, 0.2) is 54.2 Å². The molecule has 0 radical (unpaired) electrons. The minimum atomic E-state index is -0.298. The number of methoxy groups -OCH3 is 1. The average molecular weight is 420 g/mol. The number of carbonyl (C=O) groups is 2. The van der Waals surface area contributed by atoms with Gasteiger partial charge in [-0.15, -0.1) is 0 Å². The lowest BCUT2D eigenvalue weighted by atomic mass is 10.0. The molecule has 0 spiro atoms. The van der Waals surface area contributed by atoms with Gasteiger partial charge in [-0.05, 0) is 56.0 Å². The maximum atomic E-state index is 13.2. The third-order valence-electron chi connectivity index (χ3n) is 5.85. The van der Waals surface area contributed by atoms with Crippen LogP contribution in [0.3, 0.4) is 0 Å². The summed E-state index contributed by atoms with van der Waals surface area (Å²) in [6.45, 7) is 4.49. The first kappa shape index (κ1) is 21.0. The van der Waals surface area contributed by atoms with Gasteiger partial charge in [-0.2, -0.15) is 0 Å². The minimum Gasteiger partial charge on any atom is -0.496 e. The van der Waals surface area contributed by atoms with Crippen molar-refractivity contribution in [1.82, 2.24) is 4.90 Å². The zero-order valence-corrected chi connectivity index (χ0v) is 18.2. The maximum absolute atomic E-state index is 13.2. The van der Waals surface area contributed by atoms with Gasteiger partial charge >= 0.3 is 0 Å². The summed E-state index contributed by atoms with van der Waals surface area (Å²) >= 11 is 0. The Bertz CT molecular complexity index is 991. The monoisotopic (exact) mass is 419 g/mol. The fourth-order valence-electron chi connectivity index (χ4n) is 4.27. The zero-order chi connectivity index (χ0) is 21.8. The number of benzene rings is 2. The van der Waals surface area contributed by atoms with Gasteiger partial charge in [0.15, 0.2) is 0 Å². The number of ether oxygens (including phenoxy) is 1. The molecule has 31 heavy (non-hydrogen) atoms. The molecule has 2 aromatic rings. The Hall–Kier alpha value is -3.28. The number of para-hydroxylation sites is 1. The van der Waals surface area contributed by atoms with Crippen LogP contribution in [0, 0.1) is 0 Å². The van der Waals surface area contributed by atoms with Gasteiger partial charge in [0.1, 0.15) is 11.4 Å². The first-order chi connectivity index (χ1) is 15.1. The summed E-state index contributed by atoms with van der Waals surface area (Å²) in [6.07, 6.45) is 4.44. The molecule has 0 aliphatic carbocycles. The quantitative estimate of drug-likeness (QED) is 0.679. The summed E-state index contributed by atoms with van der Waals surface area (Å²) in [5.74, 6) is -0.0200. The lowest BCUT2D eigenvalue weighted by Crippen LogP contribution is -2.33. The standard InChI is InChI=1S/C25H29N3O3/c1-3-15-28-24(29)22(20-9-5-6-10-21(20)31-2)23(25(28)30)26-18-11-13-19(14-12-18)27-16-7-4-8-17-27/h5-6,9-14,26H,3-4,7-8,15-17H2,1-2H3. The van der Waals surface area contributed by atoms with Crippen molar-refractivity contribution in [2.24, 2.45) is 0 Å². The van der Waals surface area contributed by atoms with Crippen LogP contribution < -0.4 is 15.0 Å². The molecule has 0 unspecified atom stereocenters. The molecule has 2 heterocycles. The van der Waals surface area contributed by atoms with Crippen molar-refractivity contribution in [1.29, 1.82) is 0 Å². The third-order valence-corrected chi connectivity index (χ3v) is 5.85. The number of amides is 2. The third kappa shape index (κ3) is 4.15. The lowest BCUT2D eigenvalue weighted by molar-refractivity contribution is -0.136. The highest BCUT2D eigenvalue weighted by molar-refractivity contribution is 6.37. The van der Waals surface area contributed by atoms with Gasteiger partial charge in [-0.3, -0.25) is 14.5 Å². The number of rotatable bonds is 7. The fourth-order valence-corrected chi connectivity index (χ4v) is 4.27. The highest BCUT2D eigenvalue weighted by Crippen LogP contribution is 2.35. The van der Waals surface area contributed by atoms with E-state index in [-0.39, 0.29) is 11.8 Å². The predicted molar refractivity (Wildman–Crippen MR) is 123 cm³/mol. The number of imide groups is 1.